The number of rotatable bonds is 4. The maximum atomic E-state index is 14.4. The number of hydrogen-bond acceptors (Lipinski definition) is 10. The molecule has 0 bridgehead atoms. The number of fused-ring (bicyclic) bond motifs is 2. The Morgan fingerprint density at radius 3 is 1.71 bits per heavy atom. The van der Waals surface area contributed by atoms with Crippen molar-refractivity contribution in [2.24, 2.45) is 0 Å². The molecule has 224 valence electrons. The summed E-state index contributed by atoms with van der Waals surface area (Å²) in [5.74, 6) is 0.763. The number of aliphatic hydroxyl groups is 1. The number of benzene rings is 2. The van der Waals surface area contributed by atoms with E-state index in [0.29, 0.717) is 53.0 Å². The summed E-state index contributed by atoms with van der Waals surface area (Å²) in [5.41, 5.74) is -1.18. The van der Waals surface area contributed by atoms with E-state index in [1.165, 1.54) is 14.2 Å². The fourth-order valence-corrected chi connectivity index (χ4v) is 9.44. The molecule has 2 aromatic carbocycles. The molecule has 0 saturated carbocycles. The highest BCUT2D eigenvalue weighted by Crippen LogP contribution is 2.71. The predicted molar refractivity (Wildman–Crippen MR) is 157 cm³/mol. The Morgan fingerprint density at radius 1 is 0.738 bits per heavy atom. The van der Waals surface area contributed by atoms with Gasteiger partial charge in [-0.25, -0.2) is 9.59 Å². The molecule has 42 heavy (non-hydrogen) atoms. The van der Waals surface area contributed by atoms with Crippen LogP contribution in [0.4, 0.5) is 9.59 Å². The first kappa shape index (κ1) is 29.0. The standard InChI is InChI=1S/C30H34N2O8S2/c1-29(36)23-19(38-3)11-13-21(40-28(35)32-16-8-5-9-17-32)25(23)42-30(29)26(33)22-18(37-2)10-12-20(24(22)41-30)39-27(34)31-14-6-4-7-15-31/h10-13,36H,4-9,14-17H2,1-3H3. The third kappa shape index (κ3) is 4.58. The lowest BCUT2D eigenvalue weighted by atomic mass is 9.87. The third-order valence-corrected chi connectivity index (χ3v) is 11.8. The van der Waals surface area contributed by atoms with Crippen molar-refractivity contribution in [2.45, 2.75) is 64.9 Å². The summed E-state index contributed by atoms with van der Waals surface area (Å²) >= 11 is 2.24. The van der Waals surface area contributed by atoms with E-state index < -0.39 is 27.6 Å². The molecule has 1 spiro atoms. The lowest BCUT2D eigenvalue weighted by molar-refractivity contribution is 0.0403. The molecule has 0 radical (unpaired) electrons. The van der Waals surface area contributed by atoms with Crippen LogP contribution in [0.25, 0.3) is 0 Å². The largest absolute Gasteiger partial charge is 0.496 e. The summed E-state index contributed by atoms with van der Waals surface area (Å²) in [6, 6.07) is 6.48. The smallest absolute Gasteiger partial charge is 0.415 e. The Labute approximate surface area is 253 Å². The van der Waals surface area contributed by atoms with Crippen LogP contribution in [-0.4, -0.2) is 77.4 Å². The van der Waals surface area contributed by atoms with Gasteiger partial charge >= 0.3 is 12.2 Å². The minimum atomic E-state index is -1.77. The molecule has 10 nitrogen and oxygen atoms in total. The van der Waals surface area contributed by atoms with Crippen LogP contribution in [0.15, 0.2) is 34.1 Å². The molecular formula is C30H34N2O8S2. The van der Waals surface area contributed by atoms with Crippen molar-refractivity contribution in [1.29, 1.82) is 0 Å². The Hall–Kier alpha value is -3.09. The number of piperidine rings is 2. The average molecular weight is 615 g/mol. The van der Waals surface area contributed by atoms with Crippen LogP contribution >= 0.6 is 23.5 Å². The molecule has 2 atom stereocenters. The Morgan fingerprint density at radius 2 is 1.19 bits per heavy atom. The first-order valence-electron chi connectivity index (χ1n) is 14.2. The lowest BCUT2D eigenvalue weighted by Gasteiger charge is -2.33. The van der Waals surface area contributed by atoms with Gasteiger partial charge in [-0.2, -0.15) is 0 Å². The average Bonchev–Trinajstić information content (AvgIpc) is 3.45. The van der Waals surface area contributed by atoms with Gasteiger partial charge in [0, 0.05) is 31.7 Å². The number of ether oxygens (including phenoxy) is 4. The normalized spacial score (nSPS) is 24.8. The second kappa shape index (κ2) is 11.2. The number of nitrogens with zero attached hydrogens (tertiary/aromatic N) is 2. The zero-order valence-corrected chi connectivity index (χ0v) is 25.5. The number of methoxy groups -OCH3 is 2. The van der Waals surface area contributed by atoms with E-state index in [0.717, 1.165) is 62.0 Å². The highest BCUT2D eigenvalue weighted by molar-refractivity contribution is 8.20. The molecule has 0 aliphatic carbocycles. The third-order valence-electron chi connectivity index (χ3n) is 8.37. The van der Waals surface area contributed by atoms with Crippen molar-refractivity contribution < 1.29 is 38.4 Å². The van der Waals surface area contributed by atoms with Crippen molar-refractivity contribution in [3.05, 3.63) is 35.4 Å². The van der Waals surface area contributed by atoms with Crippen molar-refractivity contribution in [2.75, 3.05) is 40.4 Å². The Bertz CT molecular complexity index is 1430. The topological polar surface area (TPSA) is 115 Å². The maximum absolute atomic E-state index is 14.4. The van der Waals surface area contributed by atoms with Crippen molar-refractivity contribution in [1.82, 2.24) is 9.80 Å². The number of carbonyl (C=O) groups is 3. The number of ketones is 1. The summed E-state index contributed by atoms with van der Waals surface area (Å²) in [6.45, 7) is 4.04. The van der Waals surface area contributed by atoms with E-state index in [1.54, 1.807) is 41.0 Å². The van der Waals surface area contributed by atoms with Gasteiger partial charge in [-0.05, 0) is 69.7 Å². The zero-order chi connectivity index (χ0) is 29.6. The number of Topliss-reactive ketones (excluding diaryl/α,β-unsaturated/α-hetero) is 1. The SMILES string of the molecule is COc1ccc(OC(=O)N2CCCCC2)c2c1C(=O)C1(S2)Sc2c(OC(=O)N3CCCCC3)ccc(OC)c2C1(C)O. The van der Waals surface area contributed by atoms with Crippen LogP contribution in [0.3, 0.4) is 0 Å². The van der Waals surface area contributed by atoms with Crippen LogP contribution < -0.4 is 18.9 Å². The number of thioether (sulfide) groups is 2. The van der Waals surface area contributed by atoms with E-state index in [-0.39, 0.29) is 17.1 Å². The second-order valence-corrected chi connectivity index (χ2v) is 13.7. The molecule has 4 aliphatic heterocycles. The van der Waals surface area contributed by atoms with Gasteiger partial charge in [0.2, 0.25) is 0 Å². The summed E-state index contributed by atoms with van der Waals surface area (Å²) in [5, 5.41) is 12.2. The minimum absolute atomic E-state index is 0.229. The molecule has 1 N–H and O–H groups in total. The van der Waals surface area contributed by atoms with E-state index >= 15 is 0 Å². The predicted octanol–water partition coefficient (Wildman–Crippen LogP) is 5.67. The second-order valence-electron chi connectivity index (χ2n) is 11.0. The summed E-state index contributed by atoms with van der Waals surface area (Å²) in [7, 11) is 2.95. The molecule has 2 saturated heterocycles. The molecule has 2 fully saturated rings. The van der Waals surface area contributed by atoms with Crippen LogP contribution in [0, 0.1) is 0 Å². The first-order valence-corrected chi connectivity index (χ1v) is 15.9. The molecule has 2 amide bonds. The molecule has 4 aliphatic rings. The van der Waals surface area contributed by atoms with Gasteiger partial charge in [0.05, 0.1) is 29.6 Å². The molecular weight excluding hydrogens is 580 g/mol. The van der Waals surface area contributed by atoms with Gasteiger partial charge in [-0.3, -0.25) is 4.79 Å². The van der Waals surface area contributed by atoms with Crippen LogP contribution in [0.2, 0.25) is 0 Å². The van der Waals surface area contributed by atoms with Gasteiger partial charge in [-0.1, -0.05) is 23.5 Å². The number of carbonyl (C=O) groups excluding carboxylic acids is 3. The highest BCUT2D eigenvalue weighted by Gasteiger charge is 2.67. The number of likely N-dealkylation sites (tertiary alicyclic amines) is 2. The summed E-state index contributed by atoms with van der Waals surface area (Å²) < 4.78 is 21.4. The molecule has 4 heterocycles. The molecule has 0 aromatic heterocycles. The van der Waals surface area contributed by atoms with E-state index in [2.05, 4.69) is 0 Å². The first-order chi connectivity index (χ1) is 20.2. The Kier molecular flexibility index (Phi) is 7.73. The minimum Gasteiger partial charge on any atom is -0.496 e. The molecule has 12 heteroatoms. The van der Waals surface area contributed by atoms with E-state index in [1.807, 2.05) is 0 Å². The maximum Gasteiger partial charge on any atom is 0.415 e. The quantitative estimate of drug-likeness (QED) is 0.462. The van der Waals surface area contributed by atoms with Crippen LogP contribution in [0.1, 0.15) is 61.4 Å². The van der Waals surface area contributed by atoms with Crippen molar-refractivity contribution in [3.63, 3.8) is 0 Å². The van der Waals surface area contributed by atoms with E-state index in [9.17, 15) is 19.5 Å². The molecule has 2 unspecified atom stereocenters. The van der Waals surface area contributed by atoms with Gasteiger partial charge in [0.15, 0.2) is 9.86 Å². The Balaban J connectivity index is 1.38. The number of amides is 2. The van der Waals surface area contributed by atoms with Gasteiger partial charge < -0.3 is 33.9 Å². The van der Waals surface area contributed by atoms with Crippen molar-refractivity contribution >= 4 is 41.5 Å². The fraction of sp³-hybridized carbons (Fsp3) is 0.500. The van der Waals surface area contributed by atoms with Crippen molar-refractivity contribution in [3.8, 4) is 23.0 Å². The monoisotopic (exact) mass is 614 g/mol. The zero-order valence-electron chi connectivity index (χ0n) is 23.9. The highest BCUT2D eigenvalue weighted by atomic mass is 32.2. The van der Waals surface area contributed by atoms with Gasteiger partial charge in [-0.15, -0.1) is 0 Å². The molecule has 2 aromatic rings. The van der Waals surface area contributed by atoms with Gasteiger partial charge in [0.1, 0.15) is 28.6 Å². The summed E-state index contributed by atoms with van der Waals surface area (Å²) in [4.78, 5) is 44.7. The fourth-order valence-electron chi connectivity index (χ4n) is 6.09. The van der Waals surface area contributed by atoms with Gasteiger partial charge in [0.25, 0.3) is 0 Å². The lowest BCUT2D eigenvalue weighted by Crippen LogP contribution is -2.45. The molecule has 6 rings (SSSR count). The van der Waals surface area contributed by atoms with E-state index in [4.69, 9.17) is 18.9 Å². The summed E-state index contributed by atoms with van der Waals surface area (Å²) in [6.07, 6.45) is 4.86. The van der Waals surface area contributed by atoms with Crippen LogP contribution in [-0.2, 0) is 5.60 Å². The van der Waals surface area contributed by atoms with Crippen LogP contribution in [0.5, 0.6) is 23.0 Å². The number of hydrogen-bond donors (Lipinski definition) is 1.